The number of nitrogens with zero attached hydrogens (tertiary/aromatic N) is 3. The molecule has 2 aromatic heterocycles. The molecule has 2 aromatic rings. The van der Waals surface area contributed by atoms with E-state index in [1.165, 1.54) is 0 Å². The van der Waals surface area contributed by atoms with Gasteiger partial charge in [-0.1, -0.05) is 0 Å². The van der Waals surface area contributed by atoms with Crippen LogP contribution < -0.4 is 4.90 Å². The van der Waals surface area contributed by atoms with Crippen molar-refractivity contribution in [3.05, 3.63) is 30.9 Å². The lowest BCUT2D eigenvalue weighted by atomic mass is 10.3. The number of aliphatic hydroxyl groups is 1. The molecule has 1 N–H and O–H groups in total. The molecule has 1 fully saturated rings. The highest BCUT2D eigenvalue weighted by Crippen LogP contribution is 2.21. The van der Waals surface area contributed by atoms with Crippen molar-refractivity contribution in [2.45, 2.75) is 12.5 Å². The second-order valence-corrected chi connectivity index (χ2v) is 4.14. The minimum atomic E-state index is -0.248. The molecule has 88 valence electrons. The summed E-state index contributed by atoms with van der Waals surface area (Å²) in [6.45, 7) is 1.48. The molecule has 17 heavy (non-hydrogen) atoms. The third kappa shape index (κ3) is 2.01. The minimum absolute atomic E-state index is 0.248. The van der Waals surface area contributed by atoms with Crippen LogP contribution in [0, 0.1) is 0 Å². The van der Waals surface area contributed by atoms with Crippen LogP contribution in [0.15, 0.2) is 35.3 Å². The smallest absolute Gasteiger partial charge is 0.164 e. The summed E-state index contributed by atoms with van der Waals surface area (Å²) < 4.78 is 5.02. The molecule has 5 heteroatoms. The van der Waals surface area contributed by atoms with Gasteiger partial charge in [0.1, 0.15) is 12.1 Å². The maximum Gasteiger partial charge on any atom is 0.164 e. The number of furan rings is 1. The SMILES string of the molecule is OC1CCN(c2ccnc(-c3ccoc3)n2)C1. The van der Waals surface area contributed by atoms with Crippen LogP contribution in [0.5, 0.6) is 0 Å². The Bertz CT molecular complexity index is 498. The Morgan fingerprint density at radius 2 is 2.35 bits per heavy atom. The Morgan fingerprint density at radius 1 is 1.41 bits per heavy atom. The lowest BCUT2D eigenvalue weighted by molar-refractivity contribution is 0.198. The predicted octanol–water partition coefficient (Wildman–Crippen LogP) is 1.31. The van der Waals surface area contributed by atoms with Crippen molar-refractivity contribution in [1.29, 1.82) is 0 Å². The second-order valence-electron chi connectivity index (χ2n) is 4.14. The molecule has 3 heterocycles. The van der Waals surface area contributed by atoms with Gasteiger partial charge in [0, 0.05) is 19.3 Å². The largest absolute Gasteiger partial charge is 0.472 e. The van der Waals surface area contributed by atoms with Gasteiger partial charge in [-0.05, 0) is 18.6 Å². The second kappa shape index (κ2) is 4.18. The maximum atomic E-state index is 9.51. The first-order valence-electron chi connectivity index (χ1n) is 5.61. The molecule has 3 rings (SSSR count). The highest BCUT2D eigenvalue weighted by atomic mass is 16.3. The Morgan fingerprint density at radius 3 is 3.06 bits per heavy atom. The van der Waals surface area contributed by atoms with E-state index in [1.54, 1.807) is 18.7 Å². The van der Waals surface area contributed by atoms with E-state index < -0.39 is 0 Å². The standard InChI is InChI=1S/C12H13N3O2/c16-10-2-5-15(7-10)11-1-4-13-12(14-11)9-3-6-17-8-9/h1,3-4,6,8,10,16H,2,5,7H2. The zero-order chi connectivity index (χ0) is 11.7. The Kier molecular flexibility index (Phi) is 2.53. The van der Waals surface area contributed by atoms with Gasteiger partial charge in [-0.3, -0.25) is 0 Å². The molecule has 0 bridgehead atoms. The first-order valence-corrected chi connectivity index (χ1v) is 5.61. The van der Waals surface area contributed by atoms with Crippen molar-refractivity contribution in [1.82, 2.24) is 9.97 Å². The number of hydrogen-bond acceptors (Lipinski definition) is 5. The lowest BCUT2D eigenvalue weighted by Crippen LogP contribution is -2.22. The monoisotopic (exact) mass is 231 g/mol. The zero-order valence-electron chi connectivity index (χ0n) is 9.28. The van der Waals surface area contributed by atoms with E-state index in [9.17, 15) is 5.11 Å². The van der Waals surface area contributed by atoms with Crippen molar-refractivity contribution in [2.75, 3.05) is 18.0 Å². The summed E-state index contributed by atoms with van der Waals surface area (Å²) in [6, 6.07) is 3.69. The Labute approximate surface area is 98.7 Å². The van der Waals surface area contributed by atoms with E-state index in [1.807, 2.05) is 12.1 Å². The molecule has 0 amide bonds. The van der Waals surface area contributed by atoms with Crippen molar-refractivity contribution in [3.8, 4) is 11.4 Å². The summed E-state index contributed by atoms with van der Waals surface area (Å²) in [4.78, 5) is 10.8. The minimum Gasteiger partial charge on any atom is -0.472 e. The quantitative estimate of drug-likeness (QED) is 0.844. The van der Waals surface area contributed by atoms with Gasteiger partial charge in [0.15, 0.2) is 5.82 Å². The van der Waals surface area contributed by atoms with Crippen molar-refractivity contribution < 1.29 is 9.52 Å². The molecular formula is C12H13N3O2. The summed E-state index contributed by atoms with van der Waals surface area (Å²) in [7, 11) is 0. The van der Waals surface area contributed by atoms with Gasteiger partial charge in [0.05, 0.1) is 17.9 Å². The first-order chi connectivity index (χ1) is 8.33. The summed E-state index contributed by atoms with van der Waals surface area (Å²) in [5.74, 6) is 1.50. The van der Waals surface area contributed by atoms with Gasteiger partial charge in [-0.2, -0.15) is 0 Å². The van der Waals surface area contributed by atoms with Crippen molar-refractivity contribution >= 4 is 5.82 Å². The van der Waals surface area contributed by atoms with Gasteiger partial charge in [0.2, 0.25) is 0 Å². The Hall–Kier alpha value is -1.88. The van der Waals surface area contributed by atoms with E-state index in [4.69, 9.17) is 4.42 Å². The topological polar surface area (TPSA) is 62.4 Å². The van der Waals surface area contributed by atoms with Crippen LogP contribution in [0.1, 0.15) is 6.42 Å². The normalized spacial score (nSPS) is 19.8. The fraction of sp³-hybridized carbons (Fsp3) is 0.333. The fourth-order valence-corrected chi connectivity index (χ4v) is 2.01. The number of hydrogen-bond donors (Lipinski definition) is 1. The van der Waals surface area contributed by atoms with Crippen LogP contribution in [-0.4, -0.2) is 34.3 Å². The first kappa shape index (κ1) is 10.3. The van der Waals surface area contributed by atoms with Crippen LogP contribution in [0.25, 0.3) is 11.4 Å². The van der Waals surface area contributed by atoms with Gasteiger partial charge in [-0.25, -0.2) is 9.97 Å². The molecule has 1 atom stereocenters. The molecule has 1 unspecified atom stereocenters. The summed E-state index contributed by atoms with van der Waals surface area (Å²) in [5, 5.41) is 9.51. The number of rotatable bonds is 2. The maximum absolute atomic E-state index is 9.51. The van der Waals surface area contributed by atoms with E-state index in [2.05, 4.69) is 14.9 Å². The van der Waals surface area contributed by atoms with Crippen LogP contribution in [0.3, 0.4) is 0 Å². The molecule has 0 radical (unpaired) electrons. The highest BCUT2D eigenvalue weighted by molar-refractivity contribution is 5.55. The molecule has 0 spiro atoms. The van der Waals surface area contributed by atoms with Crippen LogP contribution in [0.2, 0.25) is 0 Å². The van der Waals surface area contributed by atoms with E-state index in [-0.39, 0.29) is 6.10 Å². The van der Waals surface area contributed by atoms with E-state index in [0.717, 1.165) is 24.3 Å². The molecule has 0 aliphatic carbocycles. The summed E-state index contributed by atoms with van der Waals surface area (Å²) in [6.07, 6.45) is 5.51. The van der Waals surface area contributed by atoms with Crippen molar-refractivity contribution in [2.24, 2.45) is 0 Å². The molecule has 1 aliphatic rings. The number of anilines is 1. The Balaban J connectivity index is 1.89. The average Bonchev–Trinajstić information content (AvgIpc) is 3.00. The number of aliphatic hydroxyl groups excluding tert-OH is 1. The van der Waals surface area contributed by atoms with Gasteiger partial charge < -0.3 is 14.4 Å². The summed E-state index contributed by atoms with van der Waals surface area (Å²) in [5.41, 5.74) is 0.867. The zero-order valence-corrected chi connectivity index (χ0v) is 9.28. The van der Waals surface area contributed by atoms with Crippen LogP contribution >= 0.6 is 0 Å². The fourth-order valence-electron chi connectivity index (χ4n) is 2.01. The molecule has 5 nitrogen and oxygen atoms in total. The molecule has 0 aromatic carbocycles. The van der Waals surface area contributed by atoms with Gasteiger partial charge in [0.25, 0.3) is 0 Å². The molecule has 1 aliphatic heterocycles. The van der Waals surface area contributed by atoms with Gasteiger partial charge in [-0.15, -0.1) is 0 Å². The lowest BCUT2D eigenvalue weighted by Gasteiger charge is -2.16. The molecule has 1 saturated heterocycles. The average molecular weight is 231 g/mol. The highest BCUT2D eigenvalue weighted by Gasteiger charge is 2.21. The van der Waals surface area contributed by atoms with Crippen molar-refractivity contribution in [3.63, 3.8) is 0 Å². The third-order valence-corrected chi connectivity index (χ3v) is 2.91. The number of β-amino-alcohol motifs (C(OH)–C–C–N with tert-alkyl or cyclic N) is 1. The van der Waals surface area contributed by atoms with E-state index >= 15 is 0 Å². The predicted molar refractivity (Wildman–Crippen MR) is 62.6 cm³/mol. The number of aromatic nitrogens is 2. The summed E-state index contributed by atoms with van der Waals surface area (Å²) >= 11 is 0. The van der Waals surface area contributed by atoms with Crippen LogP contribution in [-0.2, 0) is 0 Å². The van der Waals surface area contributed by atoms with Crippen LogP contribution in [0.4, 0.5) is 5.82 Å². The van der Waals surface area contributed by atoms with Gasteiger partial charge >= 0.3 is 0 Å². The third-order valence-electron chi connectivity index (χ3n) is 2.91. The molecular weight excluding hydrogens is 218 g/mol. The molecule has 0 saturated carbocycles. The van der Waals surface area contributed by atoms with E-state index in [0.29, 0.717) is 12.4 Å².